The number of rotatable bonds is 28. The molecule has 1 aliphatic carbocycles. The Morgan fingerprint density at radius 1 is 0.615 bits per heavy atom. The molecule has 432 valence electrons. The van der Waals surface area contributed by atoms with Gasteiger partial charge in [0.1, 0.15) is 23.9 Å². The Labute approximate surface area is 461 Å². The first-order valence-electron chi connectivity index (χ1n) is 26.3. The van der Waals surface area contributed by atoms with Crippen molar-refractivity contribution in [2.75, 3.05) is 97.8 Å². The average Bonchev–Trinajstić information content (AvgIpc) is 3.39. The summed E-state index contributed by atoms with van der Waals surface area (Å²) in [6.07, 6.45) is 3.11. The molecule has 24 nitrogen and oxygen atoms in total. The molecule has 1 aliphatic heterocycles. The second-order valence-corrected chi connectivity index (χ2v) is 21.3. The van der Waals surface area contributed by atoms with Gasteiger partial charge in [0.25, 0.3) is 0 Å². The van der Waals surface area contributed by atoms with E-state index in [0.29, 0.717) is 91.0 Å². The normalized spacial score (nSPS) is 18.2. The molecule has 0 spiro atoms. The molecule has 5 amide bonds. The third-order valence-electron chi connectivity index (χ3n) is 13.4. The summed E-state index contributed by atoms with van der Waals surface area (Å²) in [5.74, 6) is -7.47. The van der Waals surface area contributed by atoms with Gasteiger partial charge >= 0.3 is 35.9 Å². The molecule has 1 heterocycles. The molecule has 2 aromatic rings. The van der Waals surface area contributed by atoms with Gasteiger partial charge in [-0.3, -0.25) is 53.2 Å². The lowest BCUT2D eigenvalue weighted by atomic mass is 9.81. The summed E-state index contributed by atoms with van der Waals surface area (Å²) >= 11 is 4.53. The number of carbonyl (C=O) groups excluding carboxylic acids is 5. The molecule has 2 aliphatic rings. The van der Waals surface area contributed by atoms with Gasteiger partial charge in [-0.15, -0.1) is 0 Å². The number of hydrogen-bond acceptors (Lipinski definition) is 15. The molecule has 26 heteroatoms. The van der Waals surface area contributed by atoms with Crippen LogP contribution in [0.3, 0.4) is 0 Å². The van der Waals surface area contributed by atoms with Gasteiger partial charge in [-0.1, -0.05) is 61.2 Å². The van der Waals surface area contributed by atoms with Crippen LogP contribution in [0.1, 0.15) is 77.2 Å². The van der Waals surface area contributed by atoms with E-state index in [4.69, 9.17) is 5.11 Å². The van der Waals surface area contributed by atoms with Crippen LogP contribution in [0.4, 0.5) is 4.79 Å². The van der Waals surface area contributed by atoms with Crippen LogP contribution < -0.4 is 26.6 Å². The predicted molar refractivity (Wildman–Crippen MR) is 293 cm³/mol. The summed E-state index contributed by atoms with van der Waals surface area (Å²) in [7, 11) is 1.08. The van der Waals surface area contributed by atoms with Gasteiger partial charge in [0.15, 0.2) is 0 Å². The molecule has 0 bridgehead atoms. The molecule has 2 aromatic carbocycles. The molecular weight excluding hydrogens is 1050 g/mol. The standard InChI is InChI=1S/C50H73N9O15.C2H5PS/c1-33(60)29-56-18-22-58(31-44(64)65)24-20-57(21-25-59(23-19-56)32-45(66)67)30-42(61)52-28-34-9-13-37(14-10-34)46(68)53-41(27-35-11-12-36-6-2-3-7-38(36)26-35)47(69)51-17-5-4-8-39(48(70)71)54-50(74)55-40(49(72)73)15-16-43(62)63;1-2-3-4/h2-3,6-7,11-12,26,34,37,39-41H,4-5,8-10,13-25,27-32H2,1H3,(H,51,69)(H,52,61)(H,53,68)(H,62,63)(H,64,65)(H,66,67)(H,70,71)(H,72,73)(H2,54,55,74);2H2,1H3/t34?,37?,39?,40-,41?;/m0./s1. The zero-order chi connectivity index (χ0) is 57.6. The average molecular weight is 1130 g/mol. The van der Waals surface area contributed by atoms with Crippen LogP contribution in [0.25, 0.3) is 10.8 Å². The van der Waals surface area contributed by atoms with Gasteiger partial charge < -0.3 is 52.1 Å². The van der Waals surface area contributed by atoms with Crippen LogP contribution in [0.5, 0.6) is 0 Å². The zero-order valence-corrected chi connectivity index (χ0v) is 46.3. The smallest absolute Gasteiger partial charge is 0.326 e. The summed E-state index contributed by atoms with van der Waals surface area (Å²) in [6.45, 7) is 6.66. The molecule has 2 unspecified atom stereocenters. The Hall–Kier alpha value is -6.24. The van der Waals surface area contributed by atoms with E-state index in [1.54, 1.807) is 9.80 Å². The van der Waals surface area contributed by atoms with E-state index in [2.05, 4.69) is 45.3 Å². The second-order valence-electron chi connectivity index (χ2n) is 19.6. The van der Waals surface area contributed by atoms with Gasteiger partial charge in [0.05, 0.1) is 26.2 Å². The van der Waals surface area contributed by atoms with Crippen molar-refractivity contribution in [2.45, 2.75) is 96.2 Å². The number of nitrogens with one attached hydrogen (secondary N) is 5. The van der Waals surface area contributed by atoms with Crippen molar-refractivity contribution in [3.8, 4) is 0 Å². The number of benzene rings is 2. The molecular formula is C52H78N9O15PS. The quantitative estimate of drug-likeness (QED) is 0.0427. The number of carboxylic acids is 5. The summed E-state index contributed by atoms with van der Waals surface area (Å²) < 4.78 is 0. The number of fused-ring (bicyclic) bond motifs is 1. The van der Waals surface area contributed by atoms with Crippen LogP contribution in [-0.2, 0) is 61.4 Å². The molecule has 0 radical (unpaired) electrons. The molecule has 78 heavy (non-hydrogen) atoms. The number of urea groups is 1. The second kappa shape index (κ2) is 36.0. The van der Waals surface area contributed by atoms with Gasteiger partial charge in [0.2, 0.25) is 17.7 Å². The molecule has 3 atom stereocenters. The van der Waals surface area contributed by atoms with Crippen molar-refractivity contribution >= 4 is 89.3 Å². The fourth-order valence-electron chi connectivity index (χ4n) is 9.10. The Bertz CT molecular complexity index is 2310. The van der Waals surface area contributed by atoms with Crippen molar-refractivity contribution < 1.29 is 73.5 Å². The van der Waals surface area contributed by atoms with Crippen molar-refractivity contribution in [1.82, 2.24) is 46.2 Å². The fraction of sp³-hybridized carbons (Fsp3) is 0.615. The van der Waals surface area contributed by atoms with E-state index in [1.165, 1.54) is 6.92 Å². The summed E-state index contributed by atoms with van der Waals surface area (Å²) in [5.41, 5.74) is 0.811. The Morgan fingerprint density at radius 3 is 1.63 bits per heavy atom. The van der Waals surface area contributed by atoms with Crippen molar-refractivity contribution in [2.24, 2.45) is 11.8 Å². The van der Waals surface area contributed by atoms with E-state index in [1.807, 2.05) is 52.3 Å². The first-order chi connectivity index (χ1) is 37.1. The summed E-state index contributed by atoms with van der Waals surface area (Å²) in [4.78, 5) is 130. The number of hydrogen-bond donors (Lipinski definition) is 10. The van der Waals surface area contributed by atoms with Gasteiger partial charge in [-0.25, -0.2) is 14.4 Å². The fourth-order valence-corrected chi connectivity index (χ4v) is 9.10. The molecule has 1 saturated heterocycles. The van der Waals surface area contributed by atoms with Crippen LogP contribution in [-0.4, -0.2) is 220 Å². The largest absolute Gasteiger partial charge is 0.481 e. The zero-order valence-electron chi connectivity index (χ0n) is 44.6. The van der Waals surface area contributed by atoms with E-state index < -0.39 is 78.7 Å². The minimum absolute atomic E-state index is 0.00479. The van der Waals surface area contributed by atoms with Crippen molar-refractivity contribution in [1.29, 1.82) is 0 Å². The monoisotopic (exact) mass is 1130 g/mol. The maximum atomic E-state index is 13.8. The number of unbranched alkanes of at least 4 members (excludes halogenated alkanes) is 1. The third kappa shape index (κ3) is 26.9. The number of nitrogens with zero attached hydrogens (tertiary/aromatic N) is 4. The first-order valence-corrected chi connectivity index (χ1v) is 28.4. The predicted octanol–water partition coefficient (Wildman–Crippen LogP) is 1.54. The van der Waals surface area contributed by atoms with E-state index in [0.717, 1.165) is 29.9 Å². The Kier molecular flexibility index (Phi) is 30.5. The lowest BCUT2D eigenvalue weighted by Gasteiger charge is -2.33. The van der Waals surface area contributed by atoms with E-state index in [9.17, 15) is 68.4 Å². The highest BCUT2D eigenvalue weighted by atomic mass is 32.4. The number of amides is 5. The Balaban J connectivity index is 0.00000386. The first kappa shape index (κ1) is 66.0. The minimum Gasteiger partial charge on any atom is -0.481 e. The van der Waals surface area contributed by atoms with Crippen LogP contribution in [0.15, 0.2) is 42.5 Å². The highest BCUT2D eigenvalue weighted by molar-refractivity contribution is 7.96. The van der Waals surface area contributed by atoms with Crippen LogP contribution in [0, 0.1) is 11.8 Å². The molecule has 4 rings (SSSR count). The number of Topliss-reactive ketones (excluding diaryl/α,β-unsaturated/α-hetero) is 1. The number of carboxylic acid groups (broad SMARTS) is 5. The maximum absolute atomic E-state index is 13.8. The summed E-state index contributed by atoms with van der Waals surface area (Å²) in [6, 6.07) is 8.51. The van der Waals surface area contributed by atoms with Crippen molar-refractivity contribution in [3.05, 3.63) is 48.0 Å². The van der Waals surface area contributed by atoms with Crippen LogP contribution in [0.2, 0.25) is 0 Å². The Morgan fingerprint density at radius 2 is 1.13 bits per heavy atom. The highest BCUT2D eigenvalue weighted by Gasteiger charge is 2.31. The van der Waals surface area contributed by atoms with Crippen LogP contribution >= 0.6 is 7.36 Å². The van der Waals surface area contributed by atoms with Gasteiger partial charge in [0, 0.05) is 84.2 Å². The molecule has 10 N–H and O–H groups in total. The number of carbonyl (C=O) groups is 10. The number of ketones is 1. The summed E-state index contributed by atoms with van der Waals surface area (Å²) in [5, 5.41) is 62.1. The number of aliphatic carboxylic acids is 5. The minimum atomic E-state index is -1.55. The molecule has 0 aromatic heterocycles. The topological polar surface area (TPSA) is 345 Å². The van der Waals surface area contributed by atoms with E-state index >= 15 is 0 Å². The maximum Gasteiger partial charge on any atom is 0.326 e. The lowest BCUT2D eigenvalue weighted by Crippen LogP contribution is -2.51. The van der Waals surface area contributed by atoms with Crippen molar-refractivity contribution in [3.63, 3.8) is 0 Å². The lowest BCUT2D eigenvalue weighted by molar-refractivity contribution is -0.141. The van der Waals surface area contributed by atoms with E-state index in [-0.39, 0.29) is 75.5 Å². The SMILES string of the molecule is CC(=O)CN1CCN(CC(=O)O)CCN(CC(=O)NCC2CCC(C(=O)NC(Cc3ccc4ccccc4c3)C(=O)NCCCCC(NC(=O)N[C@@H](CCC(=O)O)C(=O)O)C(=O)O)CC2)CCN(CC(=O)O)CC1.CCP=S. The van der Waals surface area contributed by atoms with Gasteiger partial charge in [-0.2, -0.15) is 0 Å². The molecule has 2 fully saturated rings. The molecule has 1 saturated carbocycles. The third-order valence-corrected chi connectivity index (χ3v) is 14.4. The van der Waals surface area contributed by atoms with Gasteiger partial charge in [-0.05, 0) is 94.1 Å². The highest BCUT2D eigenvalue weighted by Crippen LogP contribution is 2.29.